The topological polar surface area (TPSA) is 281 Å². The maximum Gasteiger partial charge on any atom is 0.342 e. The van der Waals surface area contributed by atoms with Crippen LogP contribution in [0, 0.1) is 35.5 Å². The van der Waals surface area contributed by atoms with Gasteiger partial charge in [-0.05, 0) is 140 Å². The smallest absolute Gasteiger partial charge is 0.342 e. The first-order chi connectivity index (χ1) is 39.6. The van der Waals surface area contributed by atoms with Crippen LogP contribution in [0.15, 0.2) is 61.7 Å². The first kappa shape index (κ1) is 65.4. The maximum atomic E-state index is 13.8. The number of esters is 10. The molecule has 0 aromatic heterocycles. The number of carbonyl (C=O) groups excluding carboxylic acids is 10. The van der Waals surface area contributed by atoms with E-state index in [1.165, 1.54) is 36.4 Å². The number of carbonyl (C=O) groups is 10. The maximum absolute atomic E-state index is 13.8. The predicted octanol–water partition coefficient (Wildman–Crippen LogP) is 7.92. The second kappa shape index (κ2) is 35.4. The molecule has 3 aliphatic carbocycles. The van der Waals surface area contributed by atoms with Gasteiger partial charge in [-0.25, -0.2) is 19.2 Å². The van der Waals surface area contributed by atoms with Crippen molar-refractivity contribution in [1.29, 1.82) is 0 Å². The molecule has 22 nitrogen and oxygen atoms in total. The molecule has 0 amide bonds. The molecular formula is C60H76O22. The largest absolute Gasteiger partial charge is 0.465 e. The van der Waals surface area contributed by atoms with E-state index in [4.69, 9.17) is 56.8 Å². The fourth-order valence-corrected chi connectivity index (χ4v) is 9.51. The van der Waals surface area contributed by atoms with Gasteiger partial charge in [0.05, 0.1) is 75.1 Å². The van der Waals surface area contributed by atoms with Gasteiger partial charge in [0, 0.05) is 25.4 Å². The summed E-state index contributed by atoms with van der Waals surface area (Å²) in [6.45, 7) is 11.6. The molecule has 0 radical (unpaired) electrons. The minimum absolute atomic E-state index is 0.0415. The summed E-state index contributed by atoms with van der Waals surface area (Å²) in [6.07, 6.45) is 8.42. The van der Waals surface area contributed by atoms with Crippen LogP contribution in [0.5, 0.6) is 23.0 Å². The molecule has 0 bridgehead atoms. The Labute approximate surface area is 477 Å². The predicted molar refractivity (Wildman–Crippen MR) is 288 cm³/mol. The third-order valence-electron chi connectivity index (χ3n) is 14.0. The van der Waals surface area contributed by atoms with Crippen LogP contribution in [0.4, 0.5) is 0 Å². The molecule has 0 N–H and O–H groups in total. The molecule has 0 aliphatic heterocycles. The summed E-state index contributed by atoms with van der Waals surface area (Å²) in [4.78, 5) is 130. The van der Waals surface area contributed by atoms with E-state index in [0.717, 1.165) is 12.2 Å². The van der Waals surface area contributed by atoms with E-state index >= 15 is 0 Å². The zero-order valence-electron chi connectivity index (χ0n) is 46.9. The number of unbranched alkanes of at least 4 members (excludes halogenated alkanes) is 2. The first-order valence-electron chi connectivity index (χ1n) is 28.2. The Morgan fingerprint density at radius 3 is 1.13 bits per heavy atom. The Morgan fingerprint density at radius 2 is 0.744 bits per heavy atom. The van der Waals surface area contributed by atoms with Gasteiger partial charge in [-0.3, -0.25) is 28.8 Å². The molecule has 22 heteroatoms. The highest BCUT2D eigenvalue weighted by atomic mass is 16.6. The van der Waals surface area contributed by atoms with Crippen LogP contribution in [0.25, 0.3) is 0 Å². The molecule has 4 unspecified atom stereocenters. The molecule has 0 spiro atoms. The van der Waals surface area contributed by atoms with Crippen LogP contribution in [0.3, 0.4) is 0 Å². The molecule has 5 rings (SSSR count). The molecule has 3 fully saturated rings. The van der Waals surface area contributed by atoms with E-state index in [9.17, 15) is 47.9 Å². The van der Waals surface area contributed by atoms with E-state index in [2.05, 4.69) is 13.2 Å². The Morgan fingerprint density at radius 1 is 0.402 bits per heavy atom. The summed E-state index contributed by atoms with van der Waals surface area (Å²) in [7, 11) is 0. The first-order valence-corrected chi connectivity index (χ1v) is 28.2. The van der Waals surface area contributed by atoms with Crippen molar-refractivity contribution in [1.82, 2.24) is 0 Å². The van der Waals surface area contributed by atoms with Gasteiger partial charge in [0.15, 0.2) is 0 Å². The fraction of sp³-hybridized carbons (Fsp3) is 0.567. The summed E-state index contributed by atoms with van der Waals surface area (Å²) in [5.41, 5.74) is -0.395. The zero-order chi connectivity index (χ0) is 59.2. The van der Waals surface area contributed by atoms with E-state index in [-0.39, 0.29) is 106 Å². The Bertz CT molecular complexity index is 2530. The standard InChI is InChI=1S/C60H76O22/c1-5-51(61)73-27-9-11-29-75-53(63)39-19-21-40(22-20-39)55(65)81-49-25-23-45(37-47(49)59(69)77-33-31-71-7-3)79-56(66)42-16-14-17-43(36-42)57(67)80-46-24-26-50(48(38-46)60(70)78-34-32-72-8-4)82-58(68)44-18-13-15-41(35-44)54(64)76-30-12-10-28-74-52(62)6-2/h5-6,23-26,37-44H,1-2,7-22,27-36H2,3-4H3. The van der Waals surface area contributed by atoms with E-state index in [1.807, 2.05) is 0 Å². The third-order valence-corrected chi connectivity index (χ3v) is 14.0. The zero-order valence-corrected chi connectivity index (χ0v) is 46.9. The van der Waals surface area contributed by atoms with Crippen LogP contribution >= 0.6 is 0 Å². The van der Waals surface area contributed by atoms with Crippen molar-refractivity contribution in [3.05, 3.63) is 72.8 Å². The van der Waals surface area contributed by atoms with Gasteiger partial charge >= 0.3 is 59.7 Å². The average Bonchev–Trinajstić information content (AvgIpc) is 3.51. The third kappa shape index (κ3) is 21.8. The number of benzene rings is 2. The van der Waals surface area contributed by atoms with Gasteiger partial charge < -0.3 is 56.8 Å². The molecule has 3 saturated carbocycles. The minimum Gasteiger partial charge on any atom is -0.465 e. The van der Waals surface area contributed by atoms with Gasteiger partial charge in [0.2, 0.25) is 0 Å². The van der Waals surface area contributed by atoms with Crippen molar-refractivity contribution in [2.75, 3.05) is 66.1 Å². The van der Waals surface area contributed by atoms with Crippen molar-refractivity contribution in [3.8, 4) is 23.0 Å². The van der Waals surface area contributed by atoms with Crippen LogP contribution in [0.1, 0.15) is 137 Å². The molecule has 2 aromatic rings. The second-order valence-corrected chi connectivity index (χ2v) is 19.8. The Hall–Kier alpha value is -7.46. The van der Waals surface area contributed by atoms with Crippen LogP contribution in [-0.4, -0.2) is 126 Å². The highest BCUT2D eigenvalue weighted by molar-refractivity contribution is 5.95. The molecule has 4 atom stereocenters. The lowest BCUT2D eigenvalue weighted by atomic mass is 9.81. The highest BCUT2D eigenvalue weighted by Gasteiger charge is 2.37. The lowest BCUT2D eigenvalue weighted by Gasteiger charge is -2.27. The number of rotatable bonds is 32. The number of hydrogen-bond acceptors (Lipinski definition) is 22. The van der Waals surface area contributed by atoms with Crippen LogP contribution in [0.2, 0.25) is 0 Å². The summed E-state index contributed by atoms with van der Waals surface area (Å²) in [5, 5.41) is 0. The van der Waals surface area contributed by atoms with Crippen molar-refractivity contribution in [3.63, 3.8) is 0 Å². The van der Waals surface area contributed by atoms with Crippen LogP contribution < -0.4 is 18.9 Å². The quantitative estimate of drug-likeness (QED) is 0.0221. The molecular weight excluding hydrogens is 1070 g/mol. The molecule has 448 valence electrons. The molecule has 0 heterocycles. The lowest BCUT2D eigenvalue weighted by molar-refractivity contribution is -0.153. The lowest BCUT2D eigenvalue weighted by Crippen LogP contribution is -2.32. The van der Waals surface area contributed by atoms with Gasteiger partial charge in [-0.1, -0.05) is 26.0 Å². The average molecular weight is 1150 g/mol. The van der Waals surface area contributed by atoms with Gasteiger partial charge in [-0.2, -0.15) is 0 Å². The fourth-order valence-electron chi connectivity index (χ4n) is 9.51. The minimum atomic E-state index is -0.881. The number of ether oxygens (including phenoxy) is 12. The summed E-state index contributed by atoms with van der Waals surface area (Å²) in [5.74, 6) is -10.5. The molecule has 0 saturated heterocycles. The van der Waals surface area contributed by atoms with Gasteiger partial charge in [0.1, 0.15) is 47.3 Å². The summed E-state index contributed by atoms with van der Waals surface area (Å²) in [6, 6.07) is 7.81. The van der Waals surface area contributed by atoms with Crippen LogP contribution in [-0.2, 0) is 76.3 Å². The van der Waals surface area contributed by atoms with Crippen molar-refractivity contribution in [2.45, 2.75) is 117 Å². The van der Waals surface area contributed by atoms with Crippen molar-refractivity contribution >= 4 is 59.7 Å². The molecule has 2 aromatic carbocycles. The molecule has 3 aliphatic rings. The van der Waals surface area contributed by atoms with E-state index < -0.39 is 89.2 Å². The van der Waals surface area contributed by atoms with E-state index in [0.29, 0.717) is 103 Å². The Kier molecular flexibility index (Phi) is 28.2. The SMILES string of the molecule is C=CC(=O)OCCCCOC(=O)C1CCC(C(=O)Oc2ccc(OC(=O)C3CCCC(C(=O)Oc4ccc(OC(=O)C5CCCC(C(=O)OCCCCOC(=O)C=C)C5)c(C(=O)OCCOCC)c4)C3)cc2C(=O)OCCOCC)CC1. The number of hydrogen-bond donors (Lipinski definition) is 0. The molecule has 82 heavy (non-hydrogen) atoms. The van der Waals surface area contributed by atoms with Gasteiger partial charge in [0.25, 0.3) is 0 Å². The van der Waals surface area contributed by atoms with Crippen molar-refractivity contribution in [2.24, 2.45) is 35.5 Å². The van der Waals surface area contributed by atoms with E-state index in [1.54, 1.807) is 13.8 Å². The Balaban J connectivity index is 1.18. The highest BCUT2D eigenvalue weighted by Crippen LogP contribution is 2.37. The monoisotopic (exact) mass is 1150 g/mol. The summed E-state index contributed by atoms with van der Waals surface area (Å²) >= 11 is 0. The normalized spacial score (nSPS) is 19.4. The summed E-state index contributed by atoms with van der Waals surface area (Å²) < 4.78 is 65.2. The van der Waals surface area contributed by atoms with Gasteiger partial charge in [-0.15, -0.1) is 0 Å². The van der Waals surface area contributed by atoms with Crippen molar-refractivity contribution < 1.29 is 105 Å². The second-order valence-electron chi connectivity index (χ2n) is 19.8.